The van der Waals surface area contributed by atoms with Gasteiger partial charge >= 0.3 is 18.2 Å². The Balaban J connectivity index is 1.87. The summed E-state index contributed by atoms with van der Waals surface area (Å²) in [5.74, 6) is -3.32. The van der Waals surface area contributed by atoms with Gasteiger partial charge in [0.25, 0.3) is 5.91 Å². The zero-order valence-corrected chi connectivity index (χ0v) is 27.7. The minimum absolute atomic E-state index is 0.00999. The highest BCUT2D eigenvalue weighted by molar-refractivity contribution is 6.01. The number of ether oxygens (including phenoxy) is 2. The maximum absolute atomic E-state index is 14.2. The molecule has 0 spiro atoms. The number of nitrogens with zero attached hydrogens (tertiary/aromatic N) is 4. The fraction of sp³-hybridized carbons (Fsp3) is 0.471. The Morgan fingerprint density at radius 2 is 1.52 bits per heavy atom. The van der Waals surface area contributed by atoms with Crippen LogP contribution in [0.2, 0.25) is 0 Å². The van der Waals surface area contributed by atoms with Gasteiger partial charge in [-0.2, -0.15) is 0 Å². The number of likely N-dealkylation sites (tertiary alicyclic amines) is 1. The van der Waals surface area contributed by atoms with Gasteiger partial charge in [0.1, 0.15) is 31.3 Å². The van der Waals surface area contributed by atoms with Crippen LogP contribution in [0.3, 0.4) is 0 Å². The molecule has 5 N–H and O–H groups in total. The molecule has 2 aromatic rings. The number of hydrogen-bond acceptors (Lipinski definition) is 8. The SMILES string of the molecule is CC[C@H](C)[C@H](C(=O)N1CCC[C@H]1C(=O)N(C(=O)OCc1ccccc1)[C@@H](CCCN=C(N)N)C(=O)O)N(C)C(=O)OCc1ccccc1. The van der Waals surface area contributed by atoms with Crippen LogP contribution in [-0.2, 0) is 37.1 Å². The topological polar surface area (TPSA) is 198 Å². The summed E-state index contributed by atoms with van der Waals surface area (Å²) in [5.41, 5.74) is 12.2. The van der Waals surface area contributed by atoms with E-state index >= 15 is 0 Å². The lowest BCUT2D eigenvalue weighted by molar-refractivity contribution is -0.153. The van der Waals surface area contributed by atoms with Crippen molar-refractivity contribution in [3.63, 3.8) is 0 Å². The number of benzene rings is 2. The lowest BCUT2D eigenvalue weighted by atomic mass is 9.96. The van der Waals surface area contributed by atoms with Crippen LogP contribution in [0.25, 0.3) is 0 Å². The van der Waals surface area contributed by atoms with E-state index < -0.39 is 48.1 Å². The molecule has 0 bridgehead atoms. The highest BCUT2D eigenvalue weighted by Crippen LogP contribution is 2.27. The molecule has 1 saturated heterocycles. The van der Waals surface area contributed by atoms with Crippen LogP contribution in [0, 0.1) is 5.92 Å². The number of carboxylic acid groups (broad SMARTS) is 1. The summed E-state index contributed by atoms with van der Waals surface area (Å²) in [5, 5.41) is 10.2. The van der Waals surface area contributed by atoms with E-state index in [1.165, 1.54) is 16.8 Å². The number of aliphatic carboxylic acids is 1. The van der Waals surface area contributed by atoms with Gasteiger partial charge < -0.3 is 30.9 Å². The van der Waals surface area contributed by atoms with E-state index in [4.69, 9.17) is 20.9 Å². The molecule has 1 aliphatic rings. The fourth-order valence-electron chi connectivity index (χ4n) is 5.58. The van der Waals surface area contributed by atoms with Gasteiger partial charge in [0.2, 0.25) is 5.91 Å². The van der Waals surface area contributed by atoms with E-state index in [9.17, 15) is 29.1 Å². The first-order valence-electron chi connectivity index (χ1n) is 16.0. The zero-order valence-electron chi connectivity index (χ0n) is 27.7. The summed E-state index contributed by atoms with van der Waals surface area (Å²) in [6.07, 6.45) is -0.743. The summed E-state index contributed by atoms with van der Waals surface area (Å²) >= 11 is 0. The Morgan fingerprint density at radius 1 is 0.958 bits per heavy atom. The van der Waals surface area contributed by atoms with Gasteiger partial charge in [0.15, 0.2) is 5.96 Å². The third-order valence-electron chi connectivity index (χ3n) is 8.33. The molecule has 0 unspecified atom stereocenters. The first-order chi connectivity index (χ1) is 23.0. The van der Waals surface area contributed by atoms with Crippen molar-refractivity contribution in [3.05, 3.63) is 71.8 Å². The van der Waals surface area contributed by atoms with Crippen LogP contribution in [0.15, 0.2) is 65.7 Å². The van der Waals surface area contributed by atoms with Gasteiger partial charge in [0, 0.05) is 20.1 Å². The predicted molar refractivity (Wildman–Crippen MR) is 177 cm³/mol. The van der Waals surface area contributed by atoms with Gasteiger partial charge in [-0.05, 0) is 42.7 Å². The van der Waals surface area contributed by atoms with Crippen LogP contribution in [-0.4, -0.2) is 94.0 Å². The summed E-state index contributed by atoms with van der Waals surface area (Å²) < 4.78 is 10.9. The molecular formula is C34H46N6O8. The number of rotatable bonds is 15. The van der Waals surface area contributed by atoms with Crippen molar-refractivity contribution in [3.8, 4) is 0 Å². The maximum atomic E-state index is 14.2. The Labute approximate surface area is 280 Å². The molecule has 14 heteroatoms. The van der Waals surface area contributed by atoms with Gasteiger partial charge in [-0.3, -0.25) is 19.5 Å². The van der Waals surface area contributed by atoms with Crippen molar-refractivity contribution < 1.29 is 38.6 Å². The van der Waals surface area contributed by atoms with E-state index in [1.54, 1.807) is 30.3 Å². The van der Waals surface area contributed by atoms with Crippen molar-refractivity contribution in [2.75, 3.05) is 20.1 Å². The normalized spacial score (nSPS) is 15.8. The first-order valence-corrected chi connectivity index (χ1v) is 16.0. The van der Waals surface area contributed by atoms with Gasteiger partial charge in [-0.1, -0.05) is 80.9 Å². The molecule has 1 heterocycles. The molecule has 1 fully saturated rings. The van der Waals surface area contributed by atoms with Crippen LogP contribution in [0.4, 0.5) is 9.59 Å². The maximum Gasteiger partial charge on any atom is 0.417 e. The predicted octanol–water partition coefficient (Wildman–Crippen LogP) is 3.33. The number of aliphatic imine (C=N–C) groups is 1. The molecule has 4 atom stereocenters. The molecule has 0 radical (unpaired) electrons. The van der Waals surface area contributed by atoms with Crippen LogP contribution in [0.5, 0.6) is 0 Å². The van der Waals surface area contributed by atoms with Crippen molar-refractivity contribution in [1.29, 1.82) is 0 Å². The molecule has 48 heavy (non-hydrogen) atoms. The summed E-state index contributed by atoms with van der Waals surface area (Å²) in [7, 11) is 1.47. The number of carboxylic acids is 1. The monoisotopic (exact) mass is 666 g/mol. The third kappa shape index (κ3) is 10.2. The molecule has 14 nitrogen and oxygen atoms in total. The molecule has 0 aliphatic carbocycles. The largest absolute Gasteiger partial charge is 0.480 e. The molecule has 0 saturated carbocycles. The number of carbonyl (C=O) groups excluding carboxylic acids is 4. The number of likely N-dealkylation sites (N-methyl/N-ethyl adjacent to an activating group) is 1. The average Bonchev–Trinajstić information content (AvgIpc) is 3.58. The van der Waals surface area contributed by atoms with E-state index in [2.05, 4.69) is 4.99 Å². The van der Waals surface area contributed by atoms with Crippen molar-refractivity contribution in [2.24, 2.45) is 22.4 Å². The second kappa shape index (κ2) is 18.3. The van der Waals surface area contributed by atoms with Crippen LogP contribution in [0.1, 0.15) is 57.1 Å². The quantitative estimate of drug-likeness (QED) is 0.144. The smallest absolute Gasteiger partial charge is 0.417 e. The highest BCUT2D eigenvalue weighted by atomic mass is 16.6. The standard InChI is InChI=1S/C34H46N6O8/c1-4-23(2)28(38(3)33(45)47-21-24-13-7-5-8-14-24)30(42)39-20-12-18-26(39)29(41)40(27(31(43)44)17-11-19-37-32(35)36)34(46)48-22-25-15-9-6-10-16-25/h5-10,13-16,23,26-28H,4,11-12,17-22H2,1-3H3,(H,43,44)(H4,35,36,37)/t23-,26-,27-,28+/m0/s1. The Morgan fingerprint density at radius 3 is 2.04 bits per heavy atom. The molecule has 0 aromatic heterocycles. The average molecular weight is 667 g/mol. The van der Waals surface area contributed by atoms with Crippen molar-refractivity contribution >= 4 is 35.9 Å². The summed E-state index contributed by atoms with van der Waals surface area (Å²) in [6.45, 7) is 3.75. The lowest BCUT2D eigenvalue weighted by Gasteiger charge is -2.37. The first kappa shape index (κ1) is 37.3. The minimum atomic E-state index is -1.62. The fourth-order valence-corrected chi connectivity index (χ4v) is 5.58. The lowest BCUT2D eigenvalue weighted by Crippen LogP contribution is -2.59. The second-order valence-corrected chi connectivity index (χ2v) is 11.7. The highest BCUT2D eigenvalue weighted by Gasteiger charge is 2.46. The molecule has 4 amide bonds. The van der Waals surface area contributed by atoms with Crippen molar-refractivity contribution in [1.82, 2.24) is 14.7 Å². The summed E-state index contributed by atoms with van der Waals surface area (Å²) in [6, 6.07) is 14.1. The molecule has 2 aromatic carbocycles. The number of guanidine groups is 1. The van der Waals surface area contributed by atoms with Crippen LogP contribution >= 0.6 is 0 Å². The van der Waals surface area contributed by atoms with E-state index in [0.29, 0.717) is 23.3 Å². The van der Waals surface area contributed by atoms with Crippen molar-refractivity contribution in [2.45, 2.75) is 77.3 Å². The molecule has 3 rings (SSSR count). The Hall–Kier alpha value is -5.14. The van der Waals surface area contributed by atoms with Crippen LogP contribution < -0.4 is 11.5 Å². The molecule has 260 valence electrons. The van der Waals surface area contributed by atoms with E-state index in [0.717, 1.165) is 5.56 Å². The van der Waals surface area contributed by atoms with Gasteiger partial charge in [-0.25, -0.2) is 19.3 Å². The Kier molecular flexibility index (Phi) is 14.2. The van der Waals surface area contributed by atoms with Gasteiger partial charge in [-0.15, -0.1) is 0 Å². The number of imide groups is 1. The third-order valence-corrected chi connectivity index (χ3v) is 8.33. The van der Waals surface area contributed by atoms with E-state index in [-0.39, 0.29) is 57.4 Å². The number of carbonyl (C=O) groups is 5. The summed E-state index contributed by atoms with van der Waals surface area (Å²) in [4.78, 5) is 74.6. The number of nitrogens with two attached hydrogens (primary N) is 2. The Bertz CT molecular complexity index is 1420. The number of hydrogen-bond donors (Lipinski definition) is 3. The van der Waals surface area contributed by atoms with Gasteiger partial charge in [0.05, 0.1) is 0 Å². The molecule has 1 aliphatic heterocycles. The van der Waals surface area contributed by atoms with E-state index in [1.807, 2.05) is 44.2 Å². The zero-order chi connectivity index (χ0) is 35.2. The second-order valence-electron chi connectivity index (χ2n) is 11.7. The number of amides is 4. The minimum Gasteiger partial charge on any atom is -0.480 e. The molecular weight excluding hydrogens is 620 g/mol.